The number of aliphatic hydroxyl groups excluding tert-OH is 1. The van der Waals surface area contributed by atoms with Crippen LogP contribution in [0, 0.1) is 23.7 Å². The molecule has 0 unspecified atom stereocenters. The van der Waals surface area contributed by atoms with Crippen LogP contribution in [0.4, 0.5) is 5.69 Å². The van der Waals surface area contributed by atoms with E-state index in [9.17, 15) is 25.0 Å². The van der Waals surface area contributed by atoms with E-state index in [4.69, 9.17) is 5.73 Å². The van der Waals surface area contributed by atoms with Crippen molar-refractivity contribution < 1.29 is 25.0 Å². The van der Waals surface area contributed by atoms with Gasteiger partial charge in [-0.3, -0.25) is 14.8 Å². The number of rotatable bonds is 6. The van der Waals surface area contributed by atoms with Gasteiger partial charge in [0.2, 0.25) is 0 Å². The first-order chi connectivity index (χ1) is 17.2. The number of nitrogens with two attached hydrogens (primary N) is 1. The largest absolute Gasteiger partial charge is 0.399 e. The lowest BCUT2D eigenvalue weighted by Gasteiger charge is -2.32. The number of anilines is 1. The van der Waals surface area contributed by atoms with Crippen LogP contribution in [0.3, 0.4) is 0 Å². The Hall–Kier alpha value is -4.60. The fourth-order valence-corrected chi connectivity index (χ4v) is 3.33. The number of hydroxylamine groups is 1. The molecule has 0 spiro atoms. The standard InChI is InChI=1S/C28H25N3O5/c1-28(35,23-14-8-21(18-32)9-15-23)25(27(34)31-36)30-26(33)22-12-6-19(7-13-22)4-2-3-5-20-10-16-24(29)17-11-20/h6-17,25,32,35-36H,18,29H2,1H3,(H,30,33)(H,31,34)/t25-,28+/m1/s1. The summed E-state index contributed by atoms with van der Waals surface area (Å²) in [4.78, 5) is 25.2. The summed E-state index contributed by atoms with van der Waals surface area (Å²) in [7, 11) is 0. The summed E-state index contributed by atoms with van der Waals surface area (Å²) < 4.78 is 0. The van der Waals surface area contributed by atoms with Gasteiger partial charge in [0.15, 0.2) is 0 Å². The molecule has 7 N–H and O–H groups in total. The second-order valence-electron chi connectivity index (χ2n) is 8.08. The van der Waals surface area contributed by atoms with Gasteiger partial charge in [-0.05, 0) is 78.4 Å². The molecule has 2 atom stereocenters. The Morgan fingerprint density at radius 3 is 1.94 bits per heavy atom. The summed E-state index contributed by atoms with van der Waals surface area (Å²) >= 11 is 0. The molecule has 0 bridgehead atoms. The van der Waals surface area contributed by atoms with Crippen LogP contribution < -0.4 is 16.5 Å². The average molecular weight is 484 g/mol. The van der Waals surface area contributed by atoms with Gasteiger partial charge in [-0.25, -0.2) is 5.48 Å². The highest BCUT2D eigenvalue weighted by atomic mass is 16.5. The number of hydrogen-bond donors (Lipinski definition) is 6. The minimum Gasteiger partial charge on any atom is -0.399 e. The third-order valence-electron chi connectivity index (χ3n) is 5.46. The van der Waals surface area contributed by atoms with Gasteiger partial charge in [0.1, 0.15) is 11.6 Å². The molecule has 3 rings (SSSR count). The molecule has 0 aliphatic heterocycles. The molecule has 8 nitrogen and oxygen atoms in total. The van der Waals surface area contributed by atoms with Crippen LogP contribution in [-0.2, 0) is 17.0 Å². The Morgan fingerprint density at radius 2 is 1.44 bits per heavy atom. The van der Waals surface area contributed by atoms with Crippen molar-refractivity contribution in [3.8, 4) is 23.7 Å². The zero-order chi connectivity index (χ0) is 26.1. The molecule has 36 heavy (non-hydrogen) atoms. The fraction of sp³-hybridized carbons (Fsp3) is 0.143. The minimum absolute atomic E-state index is 0.185. The smallest absolute Gasteiger partial charge is 0.269 e. The summed E-state index contributed by atoms with van der Waals surface area (Å²) in [5.74, 6) is 9.64. The molecule has 0 saturated carbocycles. The lowest BCUT2D eigenvalue weighted by Crippen LogP contribution is -2.57. The van der Waals surface area contributed by atoms with Gasteiger partial charge in [0.05, 0.1) is 6.61 Å². The van der Waals surface area contributed by atoms with E-state index in [1.807, 2.05) is 0 Å². The van der Waals surface area contributed by atoms with Crippen LogP contribution >= 0.6 is 0 Å². The molecule has 182 valence electrons. The molecule has 2 amide bonds. The van der Waals surface area contributed by atoms with Crippen molar-refractivity contribution in [1.29, 1.82) is 0 Å². The van der Waals surface area contributed by atoms with Crippen LogP contribution in [0.25, 0.3) is 0 Å². The van der Waals surface area contributed by atoms with Gasteiger partial charge in [-0.2, -0.15) is 0 Å². The van der Waals surface area contributed by atoms with Crippen LogP contribution in [0.2, 0.25) is 0 Å². The maximum absolute atomic E-state index is 12.8. The molecule has 0 aromatic heterocycles. The SMILES string of the molecule is C[C@](O)(c1ccc(CO)cc1)[C@H](NC(=O)c1ccc(C#CC#Cc2ccc(N)cc2)cc1)C(=O)NO. The first-order valence-electron chi connectivity index (χ1n) is 10.9. The van der Waals surface area contributed by atoms with Gasteiger partial charge in [-0.1, -0.05) is 36.1 Å². The normalized spacial score (nSPS) is 12.6. The third-order valence-corrected chi connectivity index (χ3v) is 5.46. The molecule has 0 fully saturated rings. The Kier molecular flexibility index (Phi) is 8.45. The summed E-state index contributed by atoms with van der Waals surface area (Å²) in [5, 5.41) is 31.9. The van der Waals surface area contributed by atoms with Crippen molar-refractivity contribution in [2.45, 2.75) is 25.2 Å². The molecular weight excluding hydrogens is 458 g/mol. The van der Waals surface area contributed by atoms with E-state index in [0.717, 1.165) is 5.56 Å². The van der Waals surface area contributed by atoms with Crippen LogP contribution in [0.5, 0.6) is 0 Å². The van der Waals surface area contributed by atoms with Crippen molar-refractivity contribution in [2.75, 3.05) is 5.73 Å². The highest BCUT2D eigenvalue weighted by Gasteiger charge is 2.40. The van der Waals surface area contributed by atoms with Crippen molar-refractivity contribution >= 4 is 17.5 Å². The summed E-state index contributed by atoms with van der Waals surface area (Å²) in [6.07, 6.45) is 0. The van der Waals surface area contributed by atoms with Crippen LogP contribution in [0.15, 0.2) is 72.8 Å². The predicted molar refractivity (Wildman–Crippen MR) is 134 cm³/mol. The number of aliphatic hydroxyl groups is 2. The number of carbonyl (C=O) groups excluding carboxylic acids is 2. The maximum Gasteiger partial charge on any atom is 0.269 e. The molecule has 0 aliphatic carbocycles. The predicted octanol–water partition coefficient (Wildman–Crippen LogP) is 1.68. The van der Waals surface area contributed by atoms with Crippen molar-refractivity contribution in [3.05, 3.63) is 101 Å². The number of carbonyl (C=O) groups is 2. The topological polar surface area (TPSA) is 145 Å². The Labute approximate surface area is 208 Å². The molecule has 3 aromatic carbocycles. The number of benzene rings is 3. The molecule has 0 aliphatic rings. The van der Waals surface area contributed by atoms with Gasteiger partial charge < -0.3 is 21.3 Å². The van der Waals surface area contributed by atoms with Crippen molar-refractivity contribution in [2.24, 2.45) is 0 Å². The quantitative estimate of drug-likeness (QED) is 0.136. The highest BCUT2D eigenvalue weighted by molar-refractivity contribution is 5.98. The summed E-state index contributed by atoms with van der Waals surface area (Å²) in [5.41, 5.74) is 8.45. The molecule has 0 heterocycles. The monoisotopic (exact) mass is 483 g/mol. The number of hydrogen-bond acceptors (Lipinski definition) is 6. The van der Waals surface area contributed by atoms with E-state index in [1.54, 1.807) is 48.5 Å². The molecule has 0 radical (unpaired) electrons. The van der Waals surface area contributed by atoms with E-state index in [0.29, 0.717) is 22.4 Å². The first-order valence-corrected chi connectivity index (χ1v) is 10.9. The molecule has 8 heteroatoms. The van der Waals surface area contributed by atoms with Gasteiger partial charge in [0.25, 0.3) is 11.8 Å². The van der Waals surface area contributed by atoms with E-state index in [1.165, 1.54) is 36.7 Å². The minimum atomic E-state index is -1.87. The summed E-state index contributed by atoms with van der Waals surface area (Å²) in [6.45, 7) is 1.15. The molecule has 3 aromatic rings. The highest BCUT2D eigenvalue weighted by Crippen LogP contribution is 2.26. The zero-order valence-electron chi connectivity index (χ0n) is 19.4. The van der Waals surface area contributed by atoms with E-state index in [2.05, 4.69) is 29.0 Å². The summed E-state index contributed by atoms with van der Waals surface area (Å²) in [6, 6.07) is 18.1. The van der Waals surface area contributed by atoms with Gasteiger partial charge in [0, 0.05) is 22.4 Å². The Morgan fingerprint density at radius 1 is 0.917 bits per heavy atom. The number of nitrogen functional groups attached to an aromatic ring is 1. The second kappa shape index (κ2) is 11.7. The average Bonchev–Trinajstić information content (AvgIpc) is 2.90. The maximum atomic E-state index is 12.8. The third kappa shape index (κ3) is 6.50. The van der Waals surface area contributed by atoms with E-state index < -0.39 is 23.5 Å². The fourth-order valence-electron chi connectivity index (χ4n) is 3.33. The van der Waals surface area contributed by atoms with Crippen LogP contribution in [-0.4, -0.2) is 33.3 Å². The number of nitrogens with one attached hydrogen (secondary N) is 2. The van der Waals surface area contributed by atoms with Gasteiger partial charge >= 0.3 is 0 Å². The van der Waals surface area contributed by atoms with Gasteiger partial charge in [-0.15, -0.1) is 0 Å². The molecule has 0 saturated heterocycles. The Balaban J connectivity index is 1.73. The van der Waals surface area contributed by atoms with E-state index in [-0.39, 0.29) is 12.2 Å². The lowest BCUT2D eigenvalue weighted by atomic mass is 9.87. The van der Waals surface area contributed by atoms with Crippen LogP contribution in [0.1, 0.15) is 39.5 Å². The second-order valence-corrected chi connectivity index (χ2v) is 8.08. The van der Waals surface area contributed by atoms with Crippen molar-refractivity contribution in [3.63, 3.8) is 0 Å². The molecular formula is C28H25N3O5. The zero-order valence-corrected chi connectivity index (χ0v) is 19.4. The van der Waals surface area contributed by atoms with E-state index >= 15 is 0 Å². The Bertz CT molecular complexity index is 1340. The number of amides is 2. The lowest BCUT2D eigenvalue weighted by molar-refractivity contribution is -0.138. The first kappa shape index (κ1) is 26.0. The van der Waals surface area contributed by atoms with Crippen molar-refractivity contribution in [1.82, 2.24) is 10.8 Å².